The van der Waals surface area contributed by atoms with E-state index in [1.54, 1.807) is 12.1 Å². The fraction of sp³-hybridized carbons (Fsp3) is 0.600. The molecule has 39 heavy (non-hydrogen) atoms. The monoisotopic (exact) mass is 541 g/mol. The van der Waals surface area contributed by atoms with Crippen LogP contribution in [-0.4, -0.2) is 71.1 Å². The van der Waals surface area contributed by atoms with Gasteiger partial charge in [0.1, 0.15) is 17.7 Å². The van der Waals surface area contributed by atoms with Crippen molar-refractivity contribution in [2.75, 3.05) is 38.2 Å². The summed E-state index contributed by atoms with van der Waals surface area (Å²) in [6.45, 7) is 3.07. The highest BCUT2D eigenvalue weighted by Crippen LogP contribution is 2.34. The molecule has 0 bridgehead atoms. The molecule has 0 spiro atoms. The summed E-state index contributed by atoms with van der Waals surface area (Å²) in [6.07, 6.45) is 6.44. The average molecular weight is 542 g/mol. The topological polar surface area (TPSA) is 104 Å². The summed E-state index contributed by atoms with van der Waals surface area (Å²) in [5.41, 5.74) is 3.06. The largest absolute Gasteiger partial charge is 0.480 e. The molecule has 3 aliphatic heterocycles. The first-order valence-electron chi connectivity index (χ1n) is 14.3. The van der Waals surface area contributed by atoms with Gasteiger partial charge in [-0.05, 0) is 80.7 Å². The number of carboxylic acid groups (broad SMARTS) is 1. The number of hydrogen-bond acceptors (Lipinski definition) is 7. The van der Waals surface area contributed by atoms with Crippen LogP contribution in [0.5, 0.6) is 0 Å². The van der Waals surface area contributed by atoms with Crippen LogP contribution >= 0.6 is 0 Å². The number of aliphatic hydroxyl groups is 1. The van der Waals surface area contributed by atoms with Crippen molar-refractivity contribution in [2.45, 2.75) is 76.2 Å². The van der Waals surface area contributed by atoms with Gasteiger partial charge in [0.05, 0.1) is 25.4 Å². The third-order valence-corrected chi connectivity index (χ3v) is 8.33. The number of aliphatic hydroxyl groups excluding tert-OH is 1. The van der Waals surface area contributed by atoms with Crippen molar-refractivity contribution in [3.05, 3.63) is 58.5 Å². The normalized spacial score (nSPS) is 22.8. The van der Waals surface area contributed by atoms with E-state index in [1.807, 2.05) is 4.90 Å². The number of benzene rings is 1. The molecule has 2 fully saturated rings. The van der Waals surface area contributed by atoms with Gasteiger partial charge in [0.25, 0.3) is 0 Å². The van der Waals surface area contributed by atoms with Gasteiger partial charge in [0.15, 0.2) is 0 Å². The van der Waals surface area contributed by atoms with E-state index >= 15 is 0 Å². The number of nitrogens with one attached hydrogen (secondary N) is 1. The number of aliphatic carboxylic acids is 1. The lowest BCUT2D eigenvalue weighted by molar-refractivity contribution is -0.143. The lowest BCUT2D eigenvalue weighted by Crippen LogP contribution is -2.34. The van der Waals surface area contributed by atoms with Crippen LogP contribution in [0.4, 0.5) is 10.2 Å². The van der Waals surface area contributed by atoms with Crippen molar-refractivity contribution < 1.29 is 28.9 Å². The summed E-state index contributed by atoms with van der Waals surface area (Å²) in [7, 11) is 0. The number of carbonyl (C=O) groups is 1. The second-order valence-electron chi connectivity index (χ2n) is 11.0. The van der Waals surface area contributed by atoms with Crippen LogP contribution in [0.25, 0.3) is 0 Å². The number of pyridine rings is 1. The van der Waals surface area contributed by atoms with Gasteiger partial charge in [0, 0.05) is 31.0 Å². The zero-order valence-corrected chi connectivity index (χ0v) is 22.5. The molecule has 1 aromatic heterocycles. The summed E-state index contributed by atoms with van der Waals surface area (Å²) in [5.74, 6) is -0.480. The third-order valence-electron chi connectivity index (χ3n) is 8.33. The first-order chi connectivity index (χ1) is 19.0. The maximum Gasteiger partial charge on any atom is 0.325 e. The summed E-state index contributed by atoms with van der Waals surface area (Å²) in [6, 6.07) is 7.87. The predicted molar refractivity (Wildman–Crippen MR) is 145 cm³/mol. The van der Waals surface area contributed by atoms with Crippen LogP contribution in [0.15, 0.2) is 30.3 Å². The van der Waals surface area contributed by atoms with Crippen molar-refractivity contribution in [3.8, 4) is 0 Å². The number of nitrogens with zero attached hydrogens (tertiary/aromatic N) is 2. The molecule has 0 amide bonds. The van der Waals surface area contributed by atoms with Crippen LogP contribution in [0.2, 0.25) is 0 Å². The molecule has 5 rings (SSSR count). The molecule has 3 N–H and O–H groups in total. The van der Waals surface area contributed by atoms with Gasteiger partial charge in [0.2, 0.25) is 0 Å². The van der Waals surface area contributed by atoms with Crippen molar-refractivity contribution in [2.24, 2.45) is 5.92 Å². The fourth-order valence-electron chi connectivity index (χ4n) is 6.08. The number of carboxylic acids is 1. The van der Waals surface area contributed by atoms with Gasteiger partial charge in [-0.2, -0.15) is 0 Å². The van der Waals surface area contributed by atoms with Gasteiger partial charge >= 0.3 is 5.97 Å². The van der Waals surface area contributed by atoms with Crippen LogP contribution in [-0.2, 0) is 33.7 Å². The van der Waals surface area contributed by atoms with Crippen molar-refractivity contribution >= 4 is 11.8 Å². The van der Waals surface area contributed by atoms with E-state index < -0.39 is 23.9 Å². The van der Waals surface area contributed by atoms with Gasteiger partial charge in [-0.25, -0.2) is 9.37 Å². The summed E-state index contributed by atoms with van der Waals surface area (Å²) >= 11 is 0. The Labute approximate surface area is 229 Å². The predicted octanol–water partition coefficient (Wildman–Crippen LogP) is 4.11. The van der Waals surface area contributed by atoms with E-state index in [-0.39, 0.29) is 24.2 Å². The Morgan fingerprint density at radius 2 is 2.15 bits per heavy atom. The van der Waals surface area contributed by atoms with Crippen LogP contribution in [0, 0.1) is 11.7 Å². The first kappa shape index (κ1) is 28.0. The lowest BCUT2D eigenvalue weighted by atomic mass is 9.95. The maximum absolute atomic E-state index is 14.8. The molecule has 0 saturated carbocycles. The molecule has 2 saturated heterocycles. The molecule has 4 atom stereocenters. The molecule has 212 valence electrons. The second kappa shape index (κ2) is 13.2. The Balaban J connectivity index is 1.14. The first-order valence-corrected chi connectivity index (χ1v) is 14.3. The molecule has 1 aromatic carbocycles. The van der Waals surface area contributed by atoms with Crippen LogP contribution < -0.4 is 5.32 Å². The van der Waals surface area contributed by atoms with Gasteiger partial charge < -0.3 is 25.0 Å². The Morgan fingerprint density at radius 3 is 2.97 bits per heavy atom. The molecule has 0 aliphatic carbocycles. The SMILES string of the molecule is O=C(O)C(c1cccc(F)c1COC1CCOC1)N1CCC(C(O)CCCCc2ccc3c(n2)NCCC3)C1. The Hall–Kier alpha value is -2.59. The highest BCUT2D eigenvalue weighted by Gasteiger charge is 2.37. The number of hydrogen-bond donors (Lipinski definition) is 3. The number of aryl methyl sites for hydroxylation is 2. The maximum atomic E-state index is 14.8. The summed E-state index contributed by atoms with van der Waals surface area (Å²) in [4.78, 5) is 19.0. The van der Waals surface area contributed by atoms with Gasteiger partial charge in [-0.15, -0.1) is 0 Å². The van der Waals surface area contributed by atoms with E-state index in [0.717, 1.165) is 56.6 Å². The molecule has 4 unspecified atom stereocenters. The van der Waals surface area contributed by atoms with E-state index in [9.17, 15) is 19.4 Å². The van der Waals surface area contributed by atoms with Gasteiger partial charge in [-0.3, -0.25) is 9.69 Å². The lowest BCUT2D eigenvalue weighted by Gasteiger charge is -2.27. The molecule has 8 nitrogen and oxygen atoms in total. The number of likely N-dealkylation sites (tertiary alicyclic amines) is 1. The van der Waals surface area contributed by atoms with Crippen molar-refractivity contribution in [1.29, 1.82) is 0 Å². The number of aromatic nitrogens is 1. The quantitative estimate of drug-likeness (QED) is 0.345. The Bertz CT molecular complexity index is 1130. The molecule has 9 heteroatoms. The Morgan fingerprint density at radius 1 is 1.26 bits per heavy atom. The third kappa shape index (κ3) is 6.95. The number of fused-ring (bicyclic) bond motifs is 1. The molecule has 3 aliphatic rings. The summed E-state index contributed by atoms with van der Waals surface area (Å²) in [5, 5.41) is 24.5. The zero-order valence-electron chi connectivity index (χ0n) is 22.5. The van der Waals surface area contributed by atoms with Crippen LogP contribution in [0.3, 0.4) is 0 Å². The zero-order chi connectivity index (χ0) is 27.2. The van der Waals surface area contributed by atoms with E-state index in [4.69, 9.17) is 14.5 Å². The van der Waals surface area contributed by atoms with E-state index in [1.165, 1.54) is 11.6 Å². The molecule has 4 heterocycles. The molecule has 0 radical (unpaired) electrons. The average Bonchev–Trinajstić information content (AvgIpc) is 3.63. The molecule has 2 aromatic rings. The molecular formula is C30H40FN3O5. The highest BCUT2D eigenvalue weighted by atomic mass is 19.1. The molecular weight excluding hydrogens is 501 g/mol. The standard InChI is InChI=1S/C30H40FN3O5/c31-26-8-3-7-24(25(26)19-39-23-13-16-38-18-23)28(30(36)37)34-15-12-21(17-34)27(35)9-2-1-6-22-11-10-20-5-4-14-32-29(20)33-22/h3,7-8,10-11,21,23,27-28,35H,1-2,4-6,9,12-19H2,(H,32,33)(H,36,37). The van der Waals surface area contributed by atoms with E-state index in [0.29, 0.717) is 44.7 Å². The number of ether oxygens (including phenoxy) is 2. The number of rotatable bonds is 12. The minimum Gasteiger partial charge on any atom is -0.480 e. The summed E-state index contributed by atoms with van der Waals surface area (Å²) < 4.78 is 26.0. The number of unbranched alkanes of at least 4 members (excludes halogenated alkanes) is 1. The van der Waals surface area contributed by atoms with Crippen molar-refractivity contribution in [1.82, 2.24) is 9.88 Å². The number of anilines is 1. The minimum absolute atomic E-state index is 0.00878. The van der Waals surface area contributed by atoms with E-state index in [2.05, 4.69) is 17.4 Å². The minimum atomic E-state index is -1.02. The Kier molecular flexibility index (Phi) is 9.45. The second-order valence-corrected chi connectivity index (χ2v) is 11.0. The van der Waals surface area contributed by atoms with Crippen molar-refractivity contribution in [3.63, 3.8) is 0 Å². The van der Waals surface area contributed by atoms with Crippen LogP contribution in [0.1, 0.15) is 67.0 Å². The van der Waals surface area contributed by atoms with Gasteiger partial charge in [-0.1, -0.05) is 24.6 Å². The fourth-order valence-corrected chi connectivity index (χ4v) is 6.08. The highest BCUT2D eigenvalue weighted by molar-refractivity contribution is 5.76. The number of halogens is 1. The smallest absolute Gasteiger partial charge is 0.325 e.